The minimum atomic E-state index is -0.460. The number of nitrogens with one attached hydrogen (secondary N) is 3. The van der Waals surface area contributed by atoms with Crippen molar-refractivity contribution >= 4 is 58.2 Å². The van der Waals surface area contributed by atoms with Crippen molar-refractivity contribution in [1.82, 2.24) is 5.32 Å². The van der Waals surface area contributed by atoms with Crippen LogP contribution in [0.15, 0.2) is 87.9 Å². The van der Waals surface area contributed by atoms with Gasteiger partial charge >= 0.3 is 0 Å². The van der Waals surface area contributed by atoms with E-state index in [1.54, 1.807) is 54.6 Å². The van der Waals surface area contributed by atoms with E-state index in [0.29, 0.717) is 33.7 Å². The smallest absolute Gasteiger partial charge is 0.291 e. The predicted octanol–water partition coefficient (Wildman–Crippen LogP) is 5.98. The summed E-state index contributed by atoms with van der Waals surface area (Å²) in [6, 6.07) is 18.9. The molecular formula is C26H20ClN3O5S. The van der Waals surface area contributed by atoms with E-state index in [4.69, 9.17) is 37.4 Å². The van der Waals surface area contributed by atoms with Crippen molar-refractivity contribution in [3.63, 3.8) is 0 Å². The van der Waals surface area contributed by atoms with E-state index in [0.717, 1.165) is 5.56 Å². The lowest BCUT2D eigenvalue weighted by Crippen LogP contribution is -2.33. The minimum Gasteiger partial charge on any atom is -0.495 e. The Labute approximate surface area is 216 Å². The fourth-order valence-corrected chi connectivity index (χ4v) is 3.50. The molecule has 10 heteroatoms. The van der Waals surface area contributed by atoms with E-state index in [1.165, 1.54) is 25.5 Å². The number of thiocarbonyl (C=S) groups is 1. The van der Waals surface area contributed by atoms with E-state index >= 15 is 0 Å². The van der Waals surface area contributed by atoms with E-state index in [2.05, 4.69) is 16.0 Å². The van der Waals surface area contributed by atoms with Crippen molar-refractivity contribution in [3.05, 3.63) is 95.6 Å². The van der Waals surface area contributed by atoms with Gasteiger partial charge in [-0.3, -0.25) is 14.9 Å². The molecule has 0 unspecified atom stereocenters. The van der Waals surface area contributed by atoms with Crippen LogP contribution in [0.1, 0.15) is 16.3 Å². The Morgan fingerprint density at radius 3 is 2.56 bits per heavy atom. The van der Waals surface area contributed by atoms with Crippen molar-refractivity contribution in [2.24, 2.45) is 0 Å². The molecule has 0 aliphatic rings. The molecule has 4 rings (SSSR count). The summed E-state index contributed by atoms with van der Waals surface area (Å²) in [5.41, 5.74) is 1.79. The highest BCUT2D eigenvalue weighted by molar-refractivity contribution is 7.80. The maximum atomic E-state index is 12.3. The van der Waals surface area contributed by atoms with Gasteiger partial charge in [-0.05, 0) is 85.0 Å². The van der Waals surface area contributed by atoms with E-state index < -0.39 is 11.8 Å². The van der Waals surface area contributed by atoms with Gasteiger partial charge in [0, 0.05) is 22.3 Å². The zero-order chi connectivity index (χ0) is 25.5. The third kappa shape index (κ3) is 6.41. The number of amides is 2. The zero-order valence-corrected chi connectivity index (χ0v) is 20.5. The normalized spacial score (nSPS) is 10.7. The Balaban J connectivity index is 1.36. The molecule has 2 aromatic heterocycles. The number of hydrogen-bond acceptors (Lipinski definition) is 6. The Kier molecular flexibility index (Phi) is 7.84. The van der Waals surface area contributed by atoms with Crippen LogP contribution in [-0.2, 0) is 4.79 Å². The van der Waals surface area contributed by atoms with Gasteiger partial charge < -0.3 is 24.2 Å². The summed E-state index contributed by atoms with van der Waals surface area (Å²) in [5.74, 6) is 0.910. The Morgan fingerprint density at radius 2 is 1.83 bits per heavy atom. The van der Waals surface area contributed by atoms with Crippen LogP contribution in [-0.4, -0.2) is 24.0 Å². The summed E-state index contributed by atoms with van der Waals surface area (Å²) >= 11 is 11.2. The molecule has 8 nitrogen and oxygen atoms in total. The standard InChI is InChI=1S/C26H20ClN3O5S/c1-33-22-11-8-18(28-25(32)23-3-2-14-34-23)15-20(22)29-26(36)30-24(31)13-10-19-9-12-21(35-19)16-4-6-17(27)7-5-16/h2-15H,1H3,(H,28,32)(H2,29,30,31,36). The van der Waals surface area contributed by atoms with Gasteiger partial charge in [-0.25, -0.2) is 0 Å². The molecule has 0 saturated heterocycles. The lowest BCUT2D eigenvalue weighted by atomic mass is 10.2. The Hall–Kier alpha value is -4.34. The first kappa shape index (κ1) is 24.8. The first-order valence-electron chi connectivity index (χ1n) is 10.6. The lowest BCUT2D eigenvalue weighted by Gasteiger charge is -2.14. The van der Waals surface area contributed by atoms with Crippen LogP contribution in [0.2, 0.25) is 5.02 Å². The van der Waals surface area contributed by atoms with Gasteiger partial charge in [0.2, 0.25) is 5.91 Å². The predicted molar refractivity (Wildman–Crippen MR) is 142 cm³/mol. The fourth-order valence-electron chi connectivity index (χ4n) is 3.16. The molecule has 0 spiro atoms. The Bertz CT molecular complexity index is 1410. The summed E-state index contributed by atoms with van der Waals surface area (Å²) in [6.45, 7) is 0. The van der Waals surface area contributed by atoms with Crippen molar-refractivity contribution < 1.29 is 23.2 Å². The summed E-state index contributed by atoms with van der Waals surface area (Å²) in [7, 11) is 1.49. The van der Waals surface area contributed by atoms with Crippen LogP contribution < -0.4 is 20.7 Å². The van der Waals surface area contributed by atoms with E-state index in [1.807, 2.05) is 12.1 Å². The first-order chi connectivity index (χ1) is 17.4. The van der Waals surface area contributed by atoms with Gasteiger partial charge in [0.15, 0.2) is 10.9 Å². The maximum Gasteiger partial charge on any atom is 0.291 e. The number of benzene rings is 2. The van der Waals surface area contributed by atoms with Crippen LogP contribution in [0, 0.1) is 0 Å². The molecule has 0 saturated carbocycles. The van der Waals surface area contributed by atoms with Crippen molar-refractivity contribution in [1.29, 1.82) is 0 Å². The molecule has 0 fully saturated rings. The van der Waals surface area contributed by atoms with Crippen molar-refractivity contribution in [3.8, 4) is 17.1 Å². The second kappa shape index (κ2) is 11.4. The van der Waals surface area contributed by atoms with Gasteiger partial charge in [-0.2, -0.15) is 0 Å². The molecule has 3 N–H and O–H groups in total. The van der Waals surface area contributed by atoms with Crippen LogP contribution in [0.5, 0.6) is 5.75 Å². The molecule has 182 valence electrons. The largest absolute Gasteiger partial charge is 0.495 e. The topological polar surface area (TPSA) is 106 Å². The number of carbonyl (C=O) groups is 2. The number of hydrogen-bond donors (Lipinski definition) is 3. The Morgan fingerprint density at radius 1 is 1.03 bits per heavy atom. The summed E-state index contributed by atoms with van der Waals surface area (Å²) in [5, 5.41) is 8.85. The first-order valence-corrected chi connectivity index (χ1v) is 11.4. The van der Waals surface area contributed by atoms with Gasteiger partial charge in [0.25, 0.3) is 5.91 Å². The molecule has 2 aromatic carbocycles. The highest BCUT2D eigenvalue weighted by atomic mass is 35.5. The number of furan rings is 2. The third-order valence-electron chi connectivity index (χ3n) is 4.84. The van der Waals surface area contributed by atoms with Crippen LogP contribution >= 0.6 is 23.8 Å². The number of ether oxygens (including phenoxy) is 1. The minimum absolute atomic E-state index is 0.0405. The molecule has 0 aliphatic carbocycles. The van der Waals surface area contributed by atoms with Gasteiger partial charge in [-0.1, -0.05) is 11.6 Å². The molecule has 0 radical (unpaired) electrons. The maximum absolute atomic E-state index is 12.3. The molecule has 4 aromatic rings. The SMILES string of the molecule is COc1ccc(NC(=O)c2ccco2)cc1NC(=S)NC(=O)C=Cc1ccc(-c2ccc(Cl)cc2)o1. The number of halogens is 1. The second-order valence-corrected chi connectivity index (χ2v) is 8.18. The van der Waals surface area contributed by atoms with Crippen LogP contribution in [0.4, 0.5) is 11.4 Å². The fraction of sp³-hybridized carbons (Fsp3) is 0.0385. The highest BCUT2D eigenvalue weighted by Crippen LogP contribution is 2.28. The quantitative estimate of drug-likeness (QED) is 0.203. The van der Waals surface area contributed by atoms with Gasteiger partial charge in [-0.15, -0.1) is 0 Å². The average molecular weight is 522 g/mol. The lowest BCUT2D eigenvalue weighted by molar-refractivity contribution is -0.115. The van der Waals surface area contributed by atoms with E-state index in [9.17, 15) is 9.59 Å². The summed E-state index contributed by atoms with van der Waals surface area (Å²) in [4.78, 5) is 24.6. The molecule has 2 heterocycles. The molecule has 36 heavy (non-hydrogen) atoms. The van der Waals surface area contributed by atoms with Crippen LogP contribution in [0.3, 0.4) is 0 Å². The third-order valence-corrected chi connectivity index (χ3v) is 5.30. The molecular weight excluding hydrogens is 502 g/mol. The number of rotatable bonds is 7. The molecule has 0 bridgehead atoms. The number of methoxy groups -OCH3 is 1. The zero-order valence-electron chi connectivity index (χ0n) is 18.9. The molecule has 0 atom stereocenters. The summed E-state index contributed by atoms with van der Waals surface area (Å²) in [6.07, 6.45) is 4.24. The highest BCUT2D eigenvalue weighted by Gasteiger charge is 2.12. The van der Waals surface area contributed by atoms with Crippen LogP contribution in [0.25, 0.3) is 17.4 Å². The van der Waals surface area contributed by atoms with Gasteiger partial charge in [0.05, 0.1) is 19.1 Å². The van der Waals surface area contributed by atoms with Gasteiger partial charge in [0.1, 0.15) is 17.3 Å². The number of anilines is 2. The monoisotopic (exact) mass is 521 g/mol. The number of carbonyl (C=O) groups excluding carboxylic acids is 2. The van der Waals surface area contributed by atoms with E-state index in [-0.39, 0.29) is 10.9 Å². The van der Waals surface area contributed by atoms with Crippen molar-refractivity contribution in [2.45, 2.75) is 0 Å². The summed E-state index contributed by atoms with van der Waals surface area (Å²) < 4.78 is 16.2. The second-order valence-electron chi connectivity index (χ2n) is 7.33. The molecule has 2 amide bonds. The molecule has 0 aliphatic heterocycles. The van der Waals surface area contributed by atoms with Crippen molar-refractivity contribution in [2.75, 3.05) is 17.7 Å². The average Bonchev–Trinajstić information content (AvgIpc) is 3.56.